The van der Waals surface area contributed by atoms with E-state index in [1.54, 1.807) is 18.7 Å². The number of H-pyrrole nitrogens is 1. The van der Waals surface area contributed by atoms with Crippen molar-refractivity contribution < 1.29 is 0 Å². The van der Waals surface area contributed by atoms with Gasteiger partial charge >= 0.3 is 0 Å². The molecule has 0 atom stereocenters. The molecular weight excluding hydrogens is 236 g/mol. The molecule has 4 rings (SSSR count). The number of hydrogen-bond donors (Lipinski definition) is 1. The van der Waals surface area contributed by atoms with Crippen LogP contribution in [0.15, 0.2) is 55.1 Å². The second-order valence-electron chi connectivity index (χ2n) is 4.34. The Morgan fingerprint density at radius 2 is 1.79 bits per heavy atom. The Kier molecular flexibility index (Phi) is 2.08. The fourth-order valence-corrected chi connectivity index (χ4v) is 2.35. The lowest BCUT2D eigenvalue weighted by Crippen LogP contribution is -1.89. The lowest BCUT2D eigenvalue weighted by atomic mass is 10.1. The molecule has 0 saturated carbocycles. The van der Waals surface area contributed by atoms with Gasteiger partial charge in [-0.05, 0) is 18.2 Å². The second kappa shape index (κ2) is 3.88. The molecule has 0 aliphatic heterocycles. The molecule has 19 heavy (non-hydrogen) atoms. The van der Waals surface area contributed by atoms with E-state index in [0.717, 1.165) is 33.2 Å². The van der Waals surface area contributed by atoms with Crippen LogP contribution in [0.1, 0.15) is 0 Å². The molecule has 0 aliphatic rings. The van der Waals surface area contributed by atoms with Gasteiger partial charge in [0.15, 0.2) is 0 Å². The van der Waals surface area contributed by atoms with E-state index in [2.05, 4.69) is 21.0 Å². The predicted octanol–water partition coefficient (Wildman–Crippen LogP) is 3.17. The zero-order chi connectivity index (χ0) is 12.7. The number of para-hydroxylation sites is 1. The third-order valence-corrected chi connectivity index (χ3v) is 3.22. The van der Waals surface area contributed by atoms with E-state index in [1.807, 2.05) is 30.3 Å². The zero-order valence-electron chi connectivity index (χ0n) is 10.0. The van der Waals surface area contributed by atoms with Crippen molar-refractivity contribution in [3.8, 4) is 11.3 Å². The van der Waals surface area contributed by atoms with E-state index < -0.39 is 0 Å². The first kappa shape index (κ1) is 10.2. The van der Waals surface area contributed by atoms with Crippen molar-refractivity contribution in [3.63, 3.8) is 0 Å². The number of nitrogens with one attached hydrogen (secondary N) is 1. The second-order valence-corrected chi connectivity index (χ2v) is 4.34. The van der Waals surface area contributed by atoms with Crippen LogP contribution in [0, 0.1) is 0 Å². The number of fused-ring (bicyclic) bond motifs is 3. The molecule has 90 valence electrons. The molecule has 4 heteroatoms. The summed E-state index contributed by atoms with van der Waals surface area (Å²) in [7, 11) is 0. The topological polar surface area (TPSA) is 54.5 Å². The molecule has 0 amide bonds. The number of imidazole rings is 1. The Morgan fingerprint density at radius 1 is 0.947 bits per heavy atom. The highest BCUT2D eigenvalue weighted by Crippen LogP contribution is 2.29. The number of rotatable bonds is 1. The molecule has 4 aromatic rings. The van der Waals surface area contributed by atoms with Gasteiger partial charge < -0.3 is 4.98 Å². The largest absolute Gasteiger partial charge is 0.344 e. The first-order valence-corrected chi connectivity index (χ1v) is 6.06. The first-order valence-electron chi connectivity index (χ1n) is 6.06. The SMILES string of the molecule is c1ccc2c(c1)nc(-c1ccncc1)c1nc[nH]c12. The normalized spacial score (nSPS) is 11.2. The minimum atomic E-state index is 0.886. The van der Waals surface area contributed by atoms with Gasteiger partial charge in [0.1, 0.15) is 5.52 Å². The standard InChI is InChI=1S/C15H10N4/c1-2-4-12-11(3-1)14-15(18-9-17-14)13(19-12)10-5-7-16-8-6-10/h1-9H,(H,17,18). The fourth-order valence-electron chi connectivity index (χ4n) is 2.35. The summed E-state index contributed by atoms with van der Waals surface area (Å²) in [6.45, 7) is 0. The molecule has 3 heterocycles. The smallest absolute Gasteiger partial charge is 0.115 e. The summed E-state index contributed by atoms with van der Waals surface area (Å²) in [4.78, 5) is 16.4. The van der Waals surface area contributed by atoms with Gasteiger partial charge in [0.05, 0.1) is 23.1 Å². The predicted molar refractivity (Wildman–Crippen MR) is 74.6 cm³/mol. The third kappa shape index (κ3) is 1.50. The van der Waals surface area contributed by atoms with Crippen LogP contribution in [0.2, 0.25) is 0 Å². The summed E-state index contributed by atoms with van der Waals surface area (Å²) in [6.07, 6.45) is 5.25. The molecular formula is C15H10N4. The summed E-state index contributed by atoms with van der Waals surface area (Å²) in [6, 6.07) is 12.0. The quantitative estimate of drug-likeness (QED) is 0.561. The Morgan fingerprint density at radius 3 is 2.68 bits per heavy atom. The van der Waals surface area contributed by atoms with Crippen LogP contribution in [0.25, 0.3) is 33.2 Å². The van der Waals surface area contributed by atoms with Gasteiger partial charge in [-0.3, -0.25) is 4.98 Å². The van der Waals surface area contributed by atoms with Crippen LogP contribution in [-0.4, -0.2) is 19.9 Å². The molecule has 1 aromatic carbocycles. The zero-order valence-corrected chi connectivity index (χ0v) is 10.0. The van der Waals surface area contributed by atoms with E-state index in [-0.39, 0.29) is 0 Å². The minimum Gasteiger partial charge on any atom is -0.344 e. The average Bonchev–Trinajstić information content (AvgIpc) is 2.97. The molecule has 0 aliphatic carbocycles. The van der Waals surface area contributed by atoms with Crippen molar-refractivity contribution >= 4 is 21.9 Å². The lowest BCUT2D eigenvalue weighted by Gasteiger charge is -2.05. The van der Waals surface area contributed by atoms with E-state index in [4.69, 9.17) is 4.98 Å². The maximum absolute atomic E-state index is 4.74. The van der Waals surface area contributed by atoms with Gasteiger partial charge in [0.2, 0.25) is 0 Å². The Hall–Kier alpha value is -2.75. The maximum Gasteiger partial charge on any atom is 0.115 e. The van der Waals surface area contributed by atoms with Crippen LogP contribution in [-0.2, 0) is 0 Å². The van der Waals surface area contributed by atoms with Crippen LogP contribution in [0.4, 0.5) is 0 Å². The minimum absolute atomic E-state index is 0.886. The van der Waals surface area contributed by atoms with Crippen molar-refractivity contribution in [1.82, 2.24) is 19.9 Å². The van der Waals surface area contributed by atoms with Crippen LogP contribution in [0.3, 0.4) is 0 Å². The molecule has 0 spiro atoms. The maximum atomic E-state index is 4.74. The molecule has 1 N–H and O–H groups in total. The van der Waals surface area contributed by atoms with E-state index >= 15 is 0 Å². The van der Waals surface area contributed by atoms with Crippen molar-refractivity contribution in [2.45, 2.75) is 0 Å². The van der Waals surface area contributed by atoms with Crippen molar-refractivity contribution in [2.24, 2.45) is 0 Å². The summed E-state index contributed by atoms with van der Waals surface area (Å²) < 4.78 is 0. The van der Waals surface area contributed by atoms with Crippen LogP contribution >= 0.6 is 0 Å². The summed E-state index contributed by atoms with van der Waals surface area (Å²) in [5.41, 5.74) is 4.79. The number of pyridine rings is 2. The van der Waals surface area contributed by atoms with Gasteiger partial charge in [0.25, 0.3) is 0 Å². The highest BCUT2D eigenvalue weighted by molar-refractivity contribution is 6.07. The molecule has 0 saturated heterocycles. The highest BCUT2D eigenvalue weighted by atomic mass is 14.9. The number of aromatic nitrogens is 4. The summed E-state index contributed by atoms with van der Waals surface area (Å²) in [5, 5.41) is 1.09. The van der Waals surface area contributed by atoms with E-state index in [1.165, 1.54) is 0 Å². The number of hydrogen-bond acceptors (Lipinski definition) is 3. The molecule has 0 bridgehead atoms. The number of aromatic amines is 1. The van der Waals surface area contributed by atoms with E-state index in [9.17, 15) is 0 Å². The van der Waals surface area contributed by atoms with Gasteiger partial charge in [-0.15, -0.1) is 0 Å². The fraction of sp³-hybridized carbons (Fsp3) is 0. The molecule has 3 aromatic heterocycles. The van der Waals surface area contributed by atoms with Gasteiger partial charge in [-0.1, -0.05) is 18.2 Å². The van der Waals surface area contributed by atoms with Gasteiger partial charge in [0, 0.05) is 23.3 Å². The Bertz CT molecular complexity index is 865. The van der Waals surface area contributed by atoms with Gasteiger partial charge in [-0.2, -0.15) is 0 Å². The van der Waals surface area contributed by atoms with Gasteiger partial charge in [-0.25, -0.2) is 9.97 Å². The lowest BCUT2D eigenvalue weighted by molar-refractivity contribution is 1.31. The molecule has 4 nitrogen and oxygen atoms in total. The Balaban J connectivity index is 2.17. The summed E-state index contributed by atoms with van der Waals surface area (Å²) in [5.74, 6) is 0. The molecule has 0 radical (unpaired) electrons. The van der Waals surface area contributed by atoms with E-state index in [0.29, 0.717) is 0 Å². The van der Waals surface area contributed by atoms with Crippen LogP contribution in [0.5, 0.6) is 0 Å². The summed E-state index contributed by atoms with van der Waals surface area (Å²) >= 11 is 0. The molecule has 0 unspecified atom stereocenters. The number of nitrogens with zero attached hydrogens (tertiary/aromatic N) is 3. The monoisotopic (exact) mass is 246 g/mol. The van der Waals surface area contributed by atoms with Crippen LogP contribution < -0.4 is 0 Å². The van der Waals surface area contributed by atoms with Crippen molar-refractivity contribution in [1.29, 1.82) is 0 Å². The van der Waals surface area contributed by atoms with Crippen molar-refractivity contribution in [3.05, 3.63) is 55.1 Å². The van der Waals surface area contributed by atoms with Crippen molar-refractivity contribution in [2.75, 3.05) is 0 Å². The first-order chi connectivity index (χ1) is 9.43. The average molecular weight is 246 g/mol. The Labute approximate surface area is 109 Å². The molecule has 0 fully saturated rings. The highest BCUT2D eigenvalue weighted by Gasteiger charge is 2.11. The third-order valence-electron chi connectivity index (χ3n) is 3.22. The number of benzene rings is 1.